The van der Waals surface area contributed by atoms with Crippen LogP contribution >= 0.6 is 11.6 Å². The van der Waals surface area contributed by atoms with Crippen LogP contribution in [0.1, 0.15) is 6.42 Å². The molecular formula is C18H21ClN4O2S. The number of anilines is 1. The molecule has 8 heteroatoms. The molecule has 0 radical (unpaired) electrons. The van der Waals surface area contributed by atoms with E-state index in [9.17, 15) is 8.42 Å². The summed E-state index contributed by atoms with van der Waals surface area (Å²) >= 11 is 6.39. The zero-order chi connectivity index (χ0) is 18.9. The van der Waals surface area contributed by atoms with Crippen LogP contribution in [-0.4, -0.2) is 48.6 Å². The normalized spacial score (nSPS) is 11.8. The molecule has 0 aliphatic heterocycles. The van der Waals surface area contributed by atoms with Gasteiger partial charge in [-0.3, -0.25) is 0 Å². The number of hydrogen-bond donors (Lipinski definition) is 0. The van der Waals surface area contributed by atoms with Crippen molar-refractivity contribution in [1.29, 1.82) is 0 Å². The van der Waals surface area contributed by atoms with Gasteiger partial charge in [0.2, 0.25) is 0 Å². The van der Waals surface area contributed by atoms with E-state index >= 15 is 0 Å². The Morgan fingerprint density at radius 3 is 2.69 bits per heavy atom. The third-order valence-corrected chi connectivity index (χ3v) is 5.60. The summed E-state index contributed by atoms with van der Waals surface area (Å²) in [5.41, 5.74) is 2.73. The molecule has 0 aliphatic rings. The molecule has 1 aromatic carbocycles. The molecular weight excluding hydrogens is 372 g/mol. The van der Waals surface area contributed by atoms with Crippen molar-refractivity contribution in [2.45, 2.75) is 6.42 Å². The number of sulfone groups is 1. The number of hydrogen-bond acceptors (Lipinski definition) is 5. The fraction of sp³-hybridized carbons (Fsp3) is 0.333. The summed E-state index contributed by atoms with van der Waals surface area (Å²) < 4.78 is 24.6. The standard InChI is InChI=1S/C18H21ClN4O2S/c1-22(9-6-10-26(3,24)25)17-11-13(14(19)12-20-17)18-21-15-7-4-5-8-16(15)23(18)2/h4-5,7-8,11-12H,6,9-10H2,1-3H3. The molecule has 0 saturated heterocycles. The Morgan fingerprint density at radius 2 is 2.00 bits per heavy atom. The summed E-state index contributed by atoms with van der Waals surface area (Å²) in [4.78, 5) is 11.0. The first-order chi connectivity index (χ1) is 12.3. The van der Waals surface area contributed by atoms with E-state index in [1.54, 1.807) is 6.20 Å². The van der Waals surface area contributed by atoms with Crippen molar-refractivity contribution >= 4 is 38.3 Å². The number of benzene rings is 1. The Bertz CT molecular complexity index is 1050. The van der Waals surface area contributed by atoms with Gasteiger partial charge < -0.3 is 9.47 Å². The SMILES string of the molecule is CN(CCCS(C)(=O)=O)c1cc(-c2nc3ccccc3n2C)c(Cl)cn1. The van der Waals surface area contributed by atoms with Gasteiger partial charge in [0.1, 0.15) is 21.5 Å². The van der Waals surface area contributed by atoms with Gasteiger partial charge in [-0.05, 0) is 24.6 Å². The summed E-state index contributed by atoms with van der Waals surface area (Å²) in [6.07, 6.45) is 3.40. The Balaban J connectivity index is 1.91. The van der Waals surface area contributed by atoms with E-state index in [1.165, 1.54) is 6.26 Å². The van der Waals surface area contributed by atoms with Crippen molar-refractivity contribution < 1.29 is 8.42 Å². The first-order valence-corrected chi connectivity index (χ1v) is 10.7. The van der Waals surface area contributed by atoms with E-state index in [1.807, 2.05) is 53.9 Å². The van der Waals surface area contributed by atoms with Crippen LogP contribution in [0, 0.1) is 0 Å². The summed E-state index contributed by atoms with van der Waals surface area (Å²) in [6.45, 7) is 0.587. The van der Waals surface area contributed by atoms with Gasteiger partial charge in [-0.15, -0.1) is 0 Å². The number of aromatic nitrogens is 3. The Kier molecular flexibility index (Phi) is 5.20. The van der Waals surface area contributed by atoms with Crippen LogP contribution in [0.3, 0.4) is 0 Å². The maximum absolute atomic E-state index is 11.3. The van der Waals surface area contributed by atoms with Crippen LogP contribution in [0.5, 0.6) is 0 Å². The largest absolute Gasteiger partial charge is 0.360 e. The Hall–Kier alpha value is -2.12. The second-order valence-electron chi connectivity index (χ2n) is 6.41. The van der Waals surface area contributed by atoms with E-state index in [4.69, 9.17) is 16.6 Å². The maximum atomic E-state index is 11.3. The first-order valence-electron chi connectivity index (χ1n) is 8.22. The lowest BCUT2D eigenvalue weighted by molar-refractivity contribution is 0.599. The molecule has 2 aromatic heterocycles. The molecule has 0 aliphatic carbocycles. The number of rotatable bonds is 6. The molecule has 0 spiro atoms. The second-order valence-corrected chi connectivity index (χ2v) is 9.08. The highest BCUT2D eigenvalue weighted by Crippen LogP contribution is 2.31. The molecule has 138 valence electrons. The Labute approximate surface area is 158 Å². The van der Waals surface area contributed by atoms with Gasteiger partial charge in [0.25, 0.3) is 0 Å². The minimum Gasteiger partial charge on any atom is -0.360 e. The summed E-state index contributed by atoms with van der Waals surface area (Å²) in [5.74, 6) is 1.65. The van der Waals surface area contributed by atoms with Crippen LogP contribution in [0.15, 0.2) is 36.5 Å². The third kappa shape index (κ3) is 3.99. The molecule has 26 heavy (non-hydrogen) atoms. The average Bonchev–Trinajstić information content (AvgIpc) is 2.91. The van der Waals surface area contributed by atoms with Crippen molar-refractivity contribution in [2.24, 2.45) is 7.05 Å². The van der Waals surface area contributed by atoms with Gasteiger partial charge in [0, 0.05) is 38.7 Å². The fourth-order valence-electron chi connectivity index (χ4n) is 2.87. The van der Waals surface area contributed by atoms with Gasteiger partial charge >= 0.3 is 0 Å². The van der Waals surface area contributed by atoms with Crippen LogP contribution in [0.25, 0.3) is 22.4 Å². The number of para-hydroxylation sites is 2. The predicted octanol–water partition coefficient (Wildman–Crippen LogP) is 3.16. The van der Waals surface area contributed by atoms with Gasteiger partial charge in [0.05, 0.1) is 21.8 Å². The van der Waals surface area contributed by atoms with E-state index < -0.39 is 9.84 Å². The quantitative estimate of drug-likeness (QED) is 0.644. The third-order valence-electron chi connectivity index (χ3n) is 4.27. The lowest BCUT2D eigenvalue weighted by Crippen LogP contribution is -2.22. The van der Waals surface area contributed by atoms with Gasteiger partial charge in [-0.1, -0.05) is 23.7 Å². The number of aryl methyl sites for hydroxylation is 1. The average molecular weight is 393 g/mol. The topological polar surface area (TPSA) is 68.1 Å². The summed E-state index contributed by atoms with van der Waals surface area (Å²) in [5, 5.41) is 0.525. The van der Waals surface area contributed by atoms with Gasteiger partial charge in [-0.2, -0.15) is 0 Å². The number of halogens is 1. The van der Waals surface area contributed by atoms with Crippen LogP contribution in [-0.2, 0) is 16.9 Å². The molecule has 3 aromatic rings. The highest BCUT2D eigenvalue weighted by molar-refractivity contribution is 7.90. The highest BCUT2D eigenvalue weighted by atomic mass is 35.5. The summed E-state index contributed by atoms with van der Waals surface area (Å²) in [6, 6.07) is 9.80. The molecule has 0 amide bonds. The molecule has 0 atom stereocenters. The van der Waals surface area contributed by atoms with E-state index in [0.29, 0.717) is 18.0 Å². The molecule has 0 N–H and O–H groups in total. The zero-order valence-electron chi connectivity index (χ0n) is 15.0. The summed E-state index contributed by atoms with van der Waals surface area (Å²) in [7, 11) is 0.880. The molecule has 0 unspecified atom stereocenters. The van der Waals surface area contributed by atoms with Gasteiger partial charge in [0.15, 0.2) is 0 Å². The van der Waals surface area contributed by atoms with Crippen LogP contribution in [0.4, 0.5) is 5.82 Å². The van der Waals surface area contributed by atoms with E-state index in [-0.39, 0.29) is 5.75 Å². The van der Waals surface area contributed by atoms with Crippen molar-refractivity contribution in [1.82, 2.24) is 14.5 Å². The molecule has 0 bridgehead atoms. The smallest absolute Gasteiger partial charge is 0.147 e. The Morgan fingerprint density at radius 1 is 1.27 bits per heavy atom. The van der Waals surface area contributed by atoms with Crippen molar-refractivity contribution in [3.8, 4) is 11.4 Å². The minimum atomic E-state index is -2.96. The van der Waals surface area contributed by atoms with Crippen molar-refractivity contribution in [2.75, 3.05) is 30.5 Å². The molecule has 2 heterocycles. The lowest BCUT2D eigenvalue weighted by atomic mass is 10.2. The maximum Gasteiger partial charge on any atom is 0.147 e. The molecule has 0 fully saturated rings. The predicted molar refractivity (Wildman–Crippen MR) is 107 cm³/mol. The fourth-order valence-corrected chi connectivity index (χ4v) is 3.71. The van der Waals surface area contributed by atoms with Crippen molar-refractivity contribution in [3.63, 3.8) is 0 Å². The minimum absolute atomic E-state index is 0.155. The van der Waals surface area contributed by atoms with Crippen LogP contribution in [0.2, 0.25) is 5.02 Å². The number of pyridine rings is 1. The highest BCUT2D eigenvalue weighted by Gasteiger charge is 2.15. The molecule has 3 rings (SSSR count). The second kappa shape index (κ2) is 7.25. The van der Waals surface area contributed by atoms with E-state index in [2.05, 4.69) is 4.98 Å². The molecule has 0 saturated carbocycles. The number of imidazole rings is 1. The zero-order valence-corrected chi connectivity index (χ0v) is 16.5. The van der Waals surface area contributed by atoms with Gasteiger partial charge in [-0.25, -0.2) is 18.4 Å². The lowest BCUT2D eigenvalue weighted by Gasteiger charge is -2.19. The van der Waals surface area contributed by atoms with Crippen molar-refractivity contribution in [3.05, 3.63) is 41.6 Å². The monoisotopic (exact) mass is 392 g/mol. The number of fused-ring (bicyclic) bond motifs is 1. The van der Waals surface area contributed by atoms with Crippen LogP contribution < -0.4 is 4.90 Å². The number of nitrogens with zero attached hydrogens (tertiary/aromatic N) is 4. The first kappa shape index (κ1) is 18.7. The molecule has 6 nitrogen and oxygen atoms in total. The van der Waals surface area contributed by atoms with E-state index in [0.717, 1.165) is 28.2 Å².